The van der Waals surface area contributed by atoms with Crippen molar-refractivity contribution in [2.24, 2.45) is 0 Å². The smallest absolute Gasteiger partial charge is 0.408 e. The molecule has 2 aromatic rings. The SMILES string of the molecule is Cc1nc(/C=C/c2nc(CNC(=O)OC(C)(C)C)no2)[nH]c1C. The largest absolute Gasteiger partial charge is 0.444 e. The van der Waals surface area contributed by atoms with E-state index in [0.717, 1.165) is 11.4 Å². The number of ether oxygens (including phenoxy) is 1. The maximum atomic E-state index is 11.5. The second-order valence-corrected chi connectivity index (χ2v) is 6.07. The molecular formula is C15H21N5O3. The monoisotopic (exact) mass is 319 g/mol. The van der Waals surface area contributed by atoms with Crippen molar-refractivity contribution in [2.75, 3.05) is 0 Å². The Balaban J connectivity index is 1.89. The van der Waals surface area contributed by atoms with Gasteiger partial charge in [-0.15, -0.1) is 0 Å². The molecule has 2 rings (SSSR count). The van der Waals surface area contributed by atoms with Gasteiger partial charge in [0.1, 0.15) is 11.4 Å². The predicted molar refractivity (Wildman–Crippen MR) is 84.4 cm³/mol. The second kappa shape index (κ2) is 6.64. The number of carbonyl (C=O) groups is 1. The van der Waals surface area contributed by atoms with Crippen molar-refractivity contribution >= 4 is 18.2 Å². The van der Waals surface area contributed by atoms with Gasteiger partial charge in [-0.3, -0.25) is 0 Å². The predicted octanol–water partition coefficient (Wildman–Crippen LogP) is 2.60. The minimum Gasteiger partial charge on any atom is -0.444 e. The molecular weight excluding hydrogens is 298 g/mol. The van der Waals surface area contributed by atoms with Crippen LogP contribution in [0.5, 0.6) is 0 Å². The molecule has 0 saturated carbocycles. The average molecular weight is 319 g/mol. The molecule has 2 heterocycles. The molecule has 8 nitrogen and oxygen atoms in total. The van der Waals surface area contributed by atoms with E-state index in [2.05, 4.69) is 25.4 Å². The number of nitrogens with zero attached hydrogens (tertiary/aromatic N) is 3. The van der Waals surface area contributed by atoms with Crippen LogP contribution in [0.1, 0.15) is 49.7 Å². The summed E-state index contributed by atoms with van der Waals surface area (Å²) in [5.74, 6) is 1.41. The maximum Gasteiger partial charge on any atom is 0.408 e. The lowest BCUT2D eigenvalue weighted by Gasteiger charge is -2.19. The summed E-state index contributed by atoms with van der Waals surface area (Å²) >= 11 is 0. The molecule has 23 heavy (non-hydrogen) atoms. The average Bonchev–Trinajstić information content (AvgIpc) is 3.00. The van der Waals surface area contributed by atoms with E-state index in [1.54, 1.807) is 32.9 Å². The molecule has 8 heteroatoms. The number of rotatable bonds is 4. The summed E-state index contributed by atoms with van der Waals surface area (Å²) in [5, 5.41) is 6.35. The van der Waals surface area contributed by atoms with Crippen LogP contribution >= 0.6 is 0 Å². The van der Waals surface area contributed by atoms with Crippen LogP contribution in [0.25, 0.3) is 12.2 Å². The molecule has 2 N–H and O–H groups in total. The van der Waals surface area contributed by atoms with Crippen LogP contribution in [0.15, 0.2) is 4.52 Å². The third-order valence-electron chi connectivity index (χ3n) is 2.80. The highest BCUT2D eigenvalue weighted by Crippen LogP contribution is 2.08. The van der Waals surface area contributed by atoms with Crippen LogP contribution in [0.3, 0.4) is 0 Å². The van der Waals surface area contributed by atoms with Gasteiger partial charge in [0.25, 0.3) is 5.89 Å². The number of alkyl carbamates (subject to hydrolysis) is 1. The zero-order valence-corrected chi connectivity index (χ0v) is 13.9. The highest BCUT2D eigenvalue weighted by Gasteiger charge is 2.16. The van der Waals surface area contributed by atoms with Crippen molar-refractivity contribution in [3.63, 3.8) is 0 Å². The number of hydrogen-bond acceptors (Lipinski definition) is 6. The van der Waals surface area contributed by atoms with Crippen LogP contribution in [0, 0.1) is 13.8 Å². The number of aromatic amines is 1. The van der Waals surface area contributed by atoms with Crippen molar-refractivity contribution in [1.82, 2.24) is 25.4 Å². The number of imidazole rings is 1. The minimum atomic E-state index is -0.547. The lowest BCUT2D eigenvalue weighted by atomic mass is 10.2. The number of carbonyl (C=O) groups excluding carboxylic acids is 1. The molecule has 0 unspecified atom stereocenters. The molecule has 0 fully saturated rings. The normalized spacial score (nSPS) is 11.9. The number of nitrogens with one attached hydrogen (secondary N) is 2. The van der Waals surface area contributed by atoms with Crippen molar-refractivity contribution in [2.45, 2.75) is 46.8 Å². The van der Waals surface area contributed by atoms with Gasteiger partial charge in [0.15, 0.2) is 5.82 Å². The van der Waals surface area contributed by atoms with Gasteiger partial charge in [-0.2, -0.15) is 4.98 Å². The Hall–Kier alpha value is -2.64. The van der Waals surface area contributed by atoms with Gasteiger partial charge < -0.3 is 19.6 Å². The van der Waals surface area contributed by atoms with Crippen LogP contribution in [-0.4, -0.2) is 31.8 Å². The van der Waals surface area contributed by atoms with E-state index in [-0.39, 0.29) is 6.54 Å². The highest BCUT2D eigenvalue weighted by molar-refractivity contribution is 5.67. The van der Waals surface area contributed by atoms with Gasteiger partial charge in [-0.1, -0.05) is 5.16 Å². The molecule has 0 atom stereocenters. The first-order valence-electron chi connectivity index (χ1n) is 7.23. The van der Waals surface area contributed by atoms with Crippen molar-refractivity contribution < 1.29 is 14.1 Å². The Labute approximate surface area is 134 Å². The third kappa shape index (κ3) is 5.24. The fraction of sp³-hybridized carbons (Fsp3) is 0.467. The van der Waals surface area contributed by atoms with Crippen LogP contribution < -0.4 is 5.32 Å². The molecule has 0 aliphatic carbocycles. The molecule has 0 radical (unpaired) electrons. The van der Waals surface area contributed by atoms with Crippen LogP contribution in [0.2, 0.25) is 0 Å². The lowest BCUT2D eigenvalue weighted by Crippen LogP contribution is -2.32. The fourth-order valence-corrected chi connectivity index (χ4v) is 1.68. The zero-order chi connectivity index (χ0) is 17.0. The summed E-state index contributed by atoms with van der Waals surface area (Å²) in [6.45, 7) is 9.39. The standard InChI is InChI=1S/C15H21N5O3/c1-9-10(2)18-11(17-9)6-7-13-19-12(20-23-13)8-16-14(21)22-15(3,4)5/h6-7H,8H2,1-5H3,(H,16,21)(H,17,18)/b7-6+. The molecule has 1 amide bonds. The van der Waals surface area contributed by atoms with Crippen LogP contribution in [0.4, 0.5) is 4.79 Å². The first kappa shape index (κ1) is 16.7. The van der Waals surface area contributed by atoms with Crippen molar-refractivity contribution in [1.29, 1.82) is 0 Å². The molecule has 0 bridgehead atoms. The summed E-state index contributed by atoms with van der Waals surface area (Å²) in [5.41, 5.74) is 1.41. The Kier molecular flexibility index (Phi) is 4.83. The summed E-state index contributed by atoms with van der Waals surface area (Å²) < 4.78 is 10.2. The Morgan fingerprint density at radius 3 is 2.65 bits per heavy atom. The Bertz CT molecular complexity index is 690. The van der Waals surface area contributed by atoms with E-state index in [0.29, 0.717) is 17.5 Å². The molecule has 124 valence electrons. The maximum absolute atomic E-state index is 11.5. The van der Waals surface area contributed by atoms with Gasteiger partial charge in [0, 0.05) is 11.8 Å². The van der Waals surface area contributed by atoms with Crippen molar-refractivity contribution in [3.8, 4) is 0 Å². The summed E-state index contributed by atoms with van der Waals surface area (Å²) in [6, 6.07) is 0. The Morgan fingerprint density at radius 1 is 1.30 bits per heavy atom. The minimum absolute atomic E-state index is 0.130. The number of H-pyrrole nitrogens is 1. The number of aryl methyl sites for hydroxylation is 2. The van der Waals surface area contributed by atoms with Gasteiger partial charge in [-0.25, -0.2) is 9.78 Å². The van der Waals surface area contributed by atoms with E-state index in [4.69, 9.17) is 9.26 Å². The number of amides is 1. The van der Waals surface area contributed by atoms with E-state index < -0.39 is 11.7 Å². The quantitative estimate of drug-likeness (QED) is 0.897. The van der Waals surface area contributed by atoms with Crippen molar-refractivity contribution in [3.05, 3.63) is 28.9 Å². The number of hydrogen-bond donors (Lipinski definition) is 2. The number of aromatic nitrogens is 4. The van der Waals surface area contributed by atoms with E-state index in [9.17, 15) is 4.79 Å². The third-order valence-corrected chi connectivity index (χ3v) is 2.80. The van der Waals surface area contributed by atoms with Gasteiger partial charge in [0.2, 0.25) is 0 Å². The lowest BCUT2D eigenvalue weighted by molar-refractivity contribution is 0.0522. The second-order valence-electron chi connectivity index (χ2n) is 6.07. The summed E-state index contributed by atoms with van der Waals surface area (Å²) in [4.78, 5) is 23.1. The van der Waals surface area contributed by atoms with E-state index >= 15 is 0 Å². The van der Waals surface area contributed by atoms with E-state index in [1.165, 1.54) is 0 Å². The summed E-state index contributed by atoms with van der Waals surface area (Å²) in [7, 11) is 0. The molecule has 0 aliphatic rings. The fourth-order valence-electron chi connectivity index (χ4n) is 1.68. The van der Waals surface area contributed by atoms with E-state index in [1.807, 2.05) is 13.8 Å². The van der Waals surface area contributed by atoms with Gasteiger partial charge in [-0.05, 0) is 40.7 Å². The first-order valence-corrected chi connectivity index (χ1v) is 7.23. The highest BCUT2D eigenvalue weighted by atomic mass is 16.6. The summed E-state index contributed by atoms with van der Waals surface area (Å²) in [6.07, 6.45) is 2.88. The molecule has 0 aliphatic heterocycles. The molecule has 0 saturated heterocycles. The molecule has 2 aromatic heterocycles. The first-order chi connectivity index (χ1) is 10.7. The van der Waals surface area contributed by atoms with Gasteiger partial charge >= 0.3 is 6.09 Å². The zero-order valence-electron chi connectivity index (χ0n) is 13.9. The van der Waals surface area contributed by atoms with Crippen LogP contribution in [-0.2, 0) is 11.3 Å². The topological polar surface area (TPSA) is 106 Å². The molecule has 0 aromatic carbocycles. The Morgan fingerprint density at radius 2 is 2.04 bits per heavy atom. The molecule has 0 spiro atoms. The van der Waals surface area contributed by atoms with Gasteiger partial charge in [0.05, 0.1) is 12.2 Å².